The van der Waals surface area contributed by atoms with E-state index < -0.39 is 6.04 Å². The van der Waals surface area contributed by atoms with E-state index in [-0.39, 0.29) is 5.75 Å². The highest BCUT2D eigenvalue weighted by atomic mass is 35.5. The molecule has 1 aromatic heterocycles. The van der Waals surface area contributed by atoms with E-state index in [1.807, 2.05) is 17.5 Å². The van der Waals surface area contributed by atoms with Gasteiger partial charge < -0.3 is 10.8 Å². The second kappa shape index (κ2) is 4.63. The number of phenols is 1. The lowest BCUT2D eigenvalue weighted by atomic mass is 10.1. The Morgan fingerprint density at radius 2 is 2.06 bits per heavy atom. The maximum absolute atomic E-state index is 9.80. The van der Waals surface area contributed by atoms with E-state index in [1.54, 1.807) is 6.07 Å². The van der Waals surface area contributed by atoms with Crippen molar-refractivity contribution in [3.63, 3.8) is 0 Å². The van der Waals surface area contributed by atoms with Gasteiger partial charge in [-0.15, -0.1) is 11.3 Å². The van der Waals surface area contributed by atoms with Crippen LogP contribution in [0.4, 0.5) is 0 Å². The lowest BCUT2D eigenvalue weighted by Gasteiger charge is -2.14. The molecule has 2 nitrogen and oxygen atoms in total. The molecule has 1 heterocycles. The van der Waals surface area contributed by atoms with Crippen LogP contribution >= 0.6 is 34.5 Å². The van der Waals surface area contributed by atoms with E-state index in [1.165, 1.54) is 17.4 Å². The molecule has 3 N–H and O–H groups in total. The van der Waals surface area contributed by atoms with Crippen molar-refractivity contribution in [1.29, 1.82) is 0 Å². The van der Waals surface area contributed by atoms with Gasteiger partial charge in [-0.25, -0.2) is 0 Å². The first-order valence-corrected chi connectivity index (χ1v) is 6.20. The monoisotopic (exact) mass is 273 g/mol. The minimum absolute atomic E-state index is 0.0263. The normalized spacial score (nSPS) is 12.7. The maximum Gasteiger partial charge on any atom is 0.123 e. The summed E-state index contributed by atoms with van der Waals surface area (Å²) in [6, 6.07) is 6.40. The molecule has 2 aromatic rings. The van der Waals surface area contributed by atoms with Crippen LogP contribution < -0.4 is 5.73 Å². The molecule has 84 valence electrons. The predicted octanol–water partition coefficient (Wildman–Crippen LogP) is 3.81. The number of aromatic hydroxyl groups is 1. The molecule has 2 rings (SSSR count). The summed E-state index contributed by atoms with van der Waals surface area (Å²) in [7, 11) is 0. The van der Waals surface area contributed by atoms with Crippen LogP contribution in [-0.4, -0.2) is 5.11 Å². The molecule has 0 saturated carbocycles. The van der Waals surface area contributed by atoms with Crippen LogP contribution in [0.15, 0.2) is 29.6 Å². The molecule has 0 unspecified atom stereocenters. The minimum atomic E-state index is -0.426. The third kappa shape index (κ3) is 2.18. The van der Waals surface area contributed by atoms with Gasteiger partial charge in [-0.05, 0) is 23.6 Å². The van der Waals surface area contributed by atoms with Crippen LogP contribution in [-0.2, 0) is 0 Å². The zero-order chi connectivity index (χ0) is 11.7. The van der Waals surface area contributed by atoms with Crippen LogP contribution in [0.3, 0.4) is 0 Å². The van der Waals surface area contributed by atoms with Crippen LogP contribution in [0.1, 0.15) is 16.5 Å². The zero-order valence-corrected chi connectivity index (χ0v) is 10.5. The molecule has 0 aliphatic heterocycles. The molecule has 0 saturated heterocycles. The van der Waals surface area contributed by atoms with Gasteiger partial charge in [0, 0.05) is 15.5 Å². The van der Waals surface area contributed by atoms with Crippen molar-refractivity contribution in [1.82, 2.24) is 0 Å². The fourth-order valence-corrected chi connectivity index (χ4v) is 2.83. The summed E-state index contributed by atoms with van der Waals surface area (Å²) in [5.41, 5.74) is 6.54. The van der Waals surface area contributed by atoms with Gasteiger partial charge in [-0.1, -0.05) is 29.3 Å². The Hall–Kier alpha value is -0.740. The third-order valence-corrected chi connectivity index (χ3v) is 3.72. The van der Waals surface area contributed by atoms with E-state index in [9.17, 15) is 5.11 Å². The lowest BCUT2D eigenvalue weighted by molar-refractivity contribution is 0.465. The first-order chi connectivity index (χ1) is 7.59. The minimum Gasteiger partial charge on any atom is -0.507 e. The number of rotatable bonds is 2. The van der Waals surface area contributed by atoms with E-state index in [0.717, 1.165) is 4.88 Å². The molecule has 1 aromatic carbocycles. The molecule has 0 bridgehead atoms. The van der Waals surface area contributed by atoms with E-state index in [2.05, 4.69) is 0 Å². The lowest BCUT2D eigenvalue weighted by Crippen LogP contribution is -2.11. The van der Waals surface area contributed by atoms with Gasteiger partial charge in [-0.3, -0.25) is 0 Å². The summed E-state index contributed by atoms with van der Waals surface area (Å²) in [5, 5.41) is 12.5. The average Bonchev–Trinajstić information content (AvgIpc) is 2.67. The van der Waals surface area contributed by atoms with Crippen molar-refractivity contribution in [3.8, 4) is 5.75 Å². The molecule has 5 heteroatoms. The number of nitrogens with two attached hydrogens (primary N) is 1. The van der Waals surface area contributed by atoms with Crippen LogP contribution in [0.5, 0.6) is 5.75 Å². The van der Waals surface area contributed by atoms with Crippen molar-refractivity contribution in [2.45, 2.75) is 6.04 Å². The largest absolute Gasteiger partial charge is 0.507 e. The third-order valence-electron chi connectivity index (χ3n) is 2.23. The summed E-state index contributed by atoms with van der Waals surface area (Å²) in [4.78, 5) is 0.944. The fraction of sp³-hybridized carbons (Fsp3) is 0.0909. The van der Waals surface area contributed by atoms with Crippen LogP contribution in [0, 0.1) is 0 Å². The van der Waals surface area contributed by atoms with E-state index in [4.69, 9.17) is 28.9 Å². The molecule has 16 heavy (non-hydrogen) atoms. The van der Waals surface area contributed by atoms with E-state index in [0.29, 0.717) is 15.6 Å². The quantitative estimate of drug-likeness (QED) is 0.874. The summed E-state index contributed by atoms with van der Waals surface area (Å²) in [5.74, 6) is 0.0263. The number of hydrogen-bond donors (Lipinski definition) is 2. The Morgan fingerprint density at radius 3 is 2.62 bits per heavy atom. The predicted molar refractivity (Wildman–Crippen MR) is 68.5 cm³/mol. The number of thiophene rings is 1. The van der Waals surface area contributed by atoms with Gasteiger partial charge in [0.25, 0.3) is 0 Å². The van der Waals surface area contributed by atoms with Crippen LogP contribution in [0.25, 0.3) is 0 Å². The Morgan fingerprint density at radius 1 is 1.31 bits per heavy atom. The molecule has 0 radical (unpaired) electrons. The zero-order valence-electron chi connectivity index (χ0n) is 8.15. The van der Waals surface area contributed by atoms with Crippen molar-refractivity contribution < 1.29 is 5.11 Å². The summed E-state index contributed by atoms with van der Waals surface area (Å²) < 4.78 is 0. The number of benzene rings is 1. The molecular weight excluding hydrogens is 265 g/mol. The Balaban J connectivity index is 2.48. The smallest absolute Gasteiger partial charge is 0.123 e. The average molecular weight is 274 g/mol. The molecule has 0 aliphatic rings. The SMILES string of the molecule is N[C@@H](c1cccs1)c1c(O)cc(Cl)cc1Cl. The van der Waals surface area contributed by atoms with Gasteiger partial charge in [0.1, 0.15) is 5.75 Å². The molecule has 0 amide bonds. The first kappa shape index (κ1) is 11.7. The molecule has 0 aliphatic carbocycles. The summed E-state index contributed by atoms with van der Waals surface area (Å²) >= 11 is 13.3. The van der Waals surface area contributed by atoms with Gasteiger partial charge in [0.2, 0.25) is 0 Å². The maximum atomic E-state index is 9.80. The summed E-state index contributed by atoms with van der Waals surface area (Å²) in [6.07, 6.45) is 0. The van der Waals surface area contributed by atoms with Gasteiger partial charge >= 0.3 is 0 Å². The van der Waals surface area contributed by atoms with Crippen molar-refractivity contribution in [3.05, 3.63) is 50.1 Å². The van der Waals surface area contributed by atoms with Crippen molar-refractivity contribution in [2.24, 2.45) is 5.73 Å². The molecule has 0 fully saturated rings. The first-order valence-electron chi connectivity index (χ1n) is 4.56. The van der Waals surface area contributed by atoms with Crippen molar-refractivity contribution in [2.75, 3.05) is 0 Å². The number of phenolic OH excluding ortho intramolecular Hbond substituents is 1. The van der Waals surface area contributed by atoms with Gasteiger partial charge in [-0.2, -0.15) is 0 Å². The number of hydrogen-bond acceptors (Lipinski definition) is 3. The Labute approximate surface area is 107 Å². The second-order valence-corrected chi connectivity index (χ2v) is 5.14. The highest BCUT2D eigenvalue weighted by molar-refractivity contribution is 7.10. The Kier molecular flexibility index (Phi) is 3.40. The second-order valence-electron chi connectivity index (χ2n) is 3.31. The van der Waals surface area contributed by atoms with Crippen LogP contribution in [0.2, 0.25) is 10.0 Å². The highest BCUT2D eigenvalue weighted by Crippen LogP contribution is 2.37. The number of halogens is 2. The molecular formula is C11H9Cl2NOS. The standard InChI is InChI=1S/C11H9Cl2NOS/c12-6-4-7(13)10(8(15)5-6)11(14)9-2-1-3-16-9/h1-5,11,15H,14H2/t11-/m0/s1. The van der Waals surface area contributed by atoms with Gasteiger partial charge in [0.05, 0.1) is 11.1 Å². The molecule has 0 spiro atoms. The molecule has 1 atom stereocenters. The topological polar surface area (TPSA) is 46.2 Å². The summed E-state index contributed by atoms with van der Waals surface area (Å²) in [6.45, 7) is 0. The Bertz CT molecular complexity index is 476. The van der Waals surface area contributed by atoms with Gasteiger partial charge in [0.15, 0.2) is 0 Å². The highest BCUT2D eigenvalue weighted by Gasteiger charge is 2.18. The van der Waals surface area contributed by atoms with E-state index >= 15 is 0 Å². The van der Waals surface area contributed by atoms with Crippen molar-refractivity contribution >= 4 is 34.5 Å². The fourth-order valence-electron chi connectivity index (χ4n) is 1.49.